The lowest BCUT2D eigenvalue weighted by molar-refractivity contribution is -0.139. The quantitative estimate of drug-likeness (QED) is 0.741. The van der Waals surface area contributed by atoms with Crippen molar-refractivity contribution in [3.63, 3.8) is 0 Å². The molecule has 1 N–H and O–H groups in total. The summed E-state index contributed by atoms with van der Waals surface area (Å²) in [4.78, 5) is 14.4. The van der Waals surface area contributed by atoms with E-state index in [0.29, 0.717) is 12.6 Å². The predicted octanol–water partition coefficient (Wildman–Crippen LogP) is 1.80. The molecule has 1 aliphatic rings. The summed E-state index contributed by atoms with van der Waals surface area (Å²) >= 11 is 0. The first kappa shape index (κ1) is 13.2. The summed E-state index contributed by atoms with van der Waals surface area (Å²) in [6, 6.07) is 0.294. The molecule has 3 nitrogen and oxygen atoms in total. The smallest absolute Gasteiger partial charge is 0.228 e. The first-order chi connectivity index (χ1) is 7.38. The molecule has 2 unspecified atom stereocenters. The van der Waals surface area contributed by atoms with Crippen LogP contribution in [-0.2, 0) is 4.79 Å². The van der Waals surface area contributed by atoms with Crippen LogP contribution in [0.3, 0.4) is 0 Å². The van der Waals surface area contributed by atoms with E-state index in [1.165, 1.54) is 0 Å². The van der Waals surface area contributed by atoms with E-state index in [1.54, 1.807) is 6.08 Å². The highest BCUT2D eigenvalue weighted by Crippen LogP contribution is 2.23. The second-order valence-electron chi connectivity index (χ2n) is 5.55. The molecule has 1 saturated heterocycles. The van der Waals surface area contributed by atoms with Gasteiger partial charge in [-0.1, -0.05) is 6.08 Å². The normalized spacial score (nSPS) is 25.5. The fraction of sp³-hybridized carbons (Fsp3) is 0.769. The molecule has 3 heteroatoms. The number of hydrogen-bond donors (Lipinski definition) is 1. The van der Waals surface area contributed by atoms with Gasteiger partial charge in [0, 0.05) is 18.1 Å². The van der Waals surface area contributed by atoms with Gasteiger partial charge >= 0.3 is 0 Å². The summed E-state index contributed by atoms with van der Waals surface area (Å²) in [5, 5.41) is 3.33. The Hall–Kier alpha value is -0.830. The second kappa shape index (κ2) is 5.00. The van der Waals surface area contributed by atoms with E-state index in [9.17, 15) is 4.79 Å². The molecule has 0 aromatic heterocycles. The molecule has 1 fully saturated rings. The molecular formula is C13H24N2O. The van der Waals surface area contributed by atoms with Gasteiger partial charge in [-0.3, -0.25) is 4.79 Å². The molecule has 0 aromatic rings. The first-order valence-corrected chi connectivity index (χ1v) is 6.03. The number of nitrogens with zero attached hydrogens (tertiary/aromatic N) is 1. The molecule has 0 spiro atoms. The number of rotatable bonds is 3. The van der Waals surface area contributed by atoms with Crippen molar-refractivity contribution in [3.8, 4) is 0 Å². The van der Waals surface area contributed by atoms with Crippen LogP contribution in [0.25, 0.3) is 0 Å². The summed E-state index contributed by atoms with van der Waals surface area (Å²) < 4.78 is 0. The summed E-state index contributed by atoms with van der Waals surface area (Å²) in [6.07, 6.45) is 2.75. The summed E-state index contributed by atoms with van der Waals surface area (Å²) in [5.74, 6) is 0.379. The lowest BCUT2D eigenvalue weighted by Gasteiger charge is -2.37. The van der Waals surface area contributed by atoms with E-state index in [-0.39, 0.29) is 17.4 Å². The Balaban J connectivity index is 2.78. The van der Waals surface area contributed by atoms with E-state index in [0.717, 1.165) is 13.0 Å². The fourth-order valence-electron chi connectivity index (χ4n) is 2.22. The van der Waals surface area contributed by atoms with Crippen LogP contribution in [0.5, 0.6) is 0 Å². The minimum atomic E-state index is -0.131. The molecule has 0 aromatic carbocycles. The van der Waals surface area contributed by atoms with Crippen molar-refractivity contribution in [1.82, 2.24) is 10.2 Å². The van der Waals surface area contributed by atoms with E-state index < -0.39 is 0 Å². The van der Waals surface area contributed by atoms with Gasteiger partial charge in [0.15, 0.2) is 0 Å². The van der Waals surface area contributed by atoms with Gasteiger partial charge in [-0.2, -0.15) is 0 Å². The molecule has 16 heavy (non-hydrogen) atoms. The van der Waals surface area contributed by atoms with Crippen molar-refractivity contribution < 1.29 is 4.79 Å². The molecule has 0 saturated carbocycles. The van der Waals surface area contributed by atoms with Gasteiger partial charge < -0.3 is 10.2 Å². The van der Waals surface area contributed by atoms with Gasteiger partial charge in [0.2, 0.25) is 5.91 Å². The maximum Gasteiger partial charge on any atom is 0.228 e. The van der Waals surface area contributed by atoms with E-state index in [4.69, 9.17) is 0 Å². The Morgan fingerprint density at radius 3 is 2.56 bits per heavy atom. The summed E-state index contributed by atoms with van der Waals surface area (Å²) in [5.41, 5.74) is -0.131. The summed E-state index contributed by atoms with van der Waals surface area (Å²) in [6.45, 7) is 13.6. The summed E-state index contributed by atoms with van der Waals surface area (Å²) in [7, 11) is 0. The molecule has 1 amide bonds. The Bertz CT molecular complexity index is 268. The van der Waals surface area contributed by atoms with Crippen molar-refractivity contribution in [1.29, 1.82) is 0 Å². The van der Waals surface area contributed by atoms with Crippen LogP contribution in [0.2, 0.25) is 0 Å². The predicted molar refractivity (Wildman–Crippen MR) is 67.2 cm³/mol. The molecule has 1 aliphatic heterocycles. The van der Waals surface area contributed by atoms with E-state index in [1.807, 2.05) is 4.90 Å². The number of hydrogen-bond acceptors (Lipinski definition) is 2. The van der Waals surface area contributed by atoms with Gasteiger partial charge in [-0.25, -0.2) is 0 Å². The van der Waals surface area contributed by atoms with Gasteiger partial charge in [0.1, 0.15) is 0 Å². The Morgan fingerprint density at radius 1 is 1.56 bits per heavy atom. The molecule has 1 rings (SSSR count). The largest absolute Gasteiger partial charge is 0.334 e. The van der Waals surface area contributed by atoms with Crippen LogP contribution in [-0.4, -0.2) is 35.5 Å². The van der Waals surface area contributed by atoms with Crippen LogP contribution >= 0.6 is 0 Å². The topological polar surface area (TPSA) is 32.3 Å². The lowest BCUT2D eigenvalue weighted by Crippen LogP contribution is -2.49. The van der Waals surface area contributed by atoms with Crippen LogP contribution in [0.15, 0.2) is 12.7 Å². The Morgan fingerprint density at radius 2 is 2.19 bits per heavy atom. The third kappa shape index (κ3) is 2.85. The highest BCUT2D eigenvalue weighted by molar-refractivity contribution is 5.80. The highest BCUT2D eigenvalue weighted by Gasteiger charge is 2.36. The fourth-order valence-corrected chi connectivity index (χ4v) is 2.22. The van der Waals surface area contributed by atoms with E-state index in [2.05, 4.69) is 39.6 Å². The molecule has 0 bridgehead atoms. The molecule has 1 heterocycles. The second-order valence-corrected chi connectivity index (χ2v) is 5.55. The highest BCUT2D eigenvalue weighted by atomic mass is 16.2. The van der Waals surface area contributed by atoms with Gasteiger partial charge in [-0.15, -0.1) is 6.58 Å². The maximum atomic E-state index is 12.4. The van der Waals surface area contributed by atoms with Crippen molar-refractivity contribution in [2.24, 2.45) is 5.92 Å². The van der Waals surface area contributed by atoms with Gasteiger partial charge in [0.25, 0.3) is 0 Å². The lowest BCUT2D eigenvalue weighted by atomic mass is 9.96. The third-order valence-corrected chi connectivity index (χ3v) is 3.23. The number of nitrogens with one attached hydrogen (secondary N) is 1. The Labute approximate surface area is 98.9 Å². The maximum absolute atomic E-state index is 12.4. The monoisotopic (exact) mass is 224 g/mol. The van der Waals surface area contributed by atoms with Crippen molar-refractivity contribution in [2.45, 2.75) is 45.7 Å². The van der Waals surface area contributed by atoms with Crippen molar-refractivity contribution >= 4 is 5.91 Å². The molecule has 2 atom stereocenters. The molecule has 92 valence electrons. The Kier molecular flexibility index (Phi) is 4.14. The van der Waals surface area contributed by atoms with Crippen LogP contribution in [0, 0.1) is 5.92 Å². The average Bonchev–Trinajstić information content (AvgIpc) is 2.58. The van der Waals surface area contributed by atoms with E-state index >= 15 is 0 Å². The number of amides is 1. The zero-order valence-corrected chi connectivity index (χ0v) is 10.9. The van der Waals surface area contributed by atoms with Gasteiger partial charge in [-0.05, 0) is 40.7 Å². The first-order valence-electron chi connectivity index (χ1n) is 6.03. The standard InChI is InChI=1S/C13H24N2O/c1-6-9-15(13(3,4)5)12(16)11-7-8-14-10(11)2/h6,10-11,14H,1,7-9H2,2-5H3. The molecule has 0 radical (unpaired) electrons. The van der Waals surface area contributed by atoms with Crippen LogP contribution < -0.4 is 5.32 Å². The average molecular weight is 224 g/mol. The molecular weight excluding hydrogens is 200 g/mol. The number of carbonyl (C=O) groups is 1. The SMILES string of the molecule is C=CCN(C(=O)C1CCNC1C)C(C)(C)C. The van der Waals surface area contributed by atoms with Crippen LogP contribution in [0.1, 0.15) is 34.1 Å². The zero-order chi connectivity index (χ0) is 12.3. The minimum absolute atomic E-state index is 0.124. The van der Waals surface area contributed by atoms with Crippen molar-refractivity contribution in [3.05, 3.63) is 12.7 Å². The molecule has 0 aliphatic carbocycles. The van der Waals surface area contributed by atoms with Crippen molar-refractivity contribution in [2.75, 3.05) is 13.1 Å². The number of carbonyl (C=O) groups excluding carboxylic acids is 1. The van der Waals surface area contributed by atoms with Gasteiger partial charge in [0.05, 0.1) is 5.92 Å². The van der Waals surface area contributed by atoms with Crippen LogP contribution in [0.4, 0.5) is 0 Å². The zero-order valence-electron chi connectivity index (χ0n) is 10.9. The third-order valence-electron chi connectivity index (χ3n) is 3.23. The minimum Gasteiger partial charge on any atom is -0.334 e.